The van der Waals surface area contributed by atoms with Gasteiger partial charge >= 0.3 is 0 Å². The molecule has 0 aromatic heterocycles. The molecule has 2 aromatic carbocycles. The molecule has 0 N–H and O–H groups in total. The topological polar surface area (TPSA) is 44.6 Å². The van der Waals surface area contributed by atoms with Gasteiger partial charge in [0.05, 0.1) is 24.2 Å². The van der Waals surface area contributed by atoms with Crippen molar-refractivity contribution in [3.63, 3.8) is 0 Å². The molecule has 0 radical (unpaired) electrons. The smallest absolute Gasteiger partial charge is 0.0969 e. The number of nitrogens with zero attached hydrogens (tertiary/aromatic N) is 2. The van der Waals surface area contributed by atoms with Crippen molar-refractivity contribution >= 4 is 31.0 Å². The molecule has 0 spiro atoms. The Bertz CT molecular complexity index is 627. The summed E-state index contributed by atoms with van der Waals surface area (Å²) in [6, 6.07) is 22.4. The van der Waals surface area contributed by atoms with Gasteiger partial charge in [0.15, 0.2) is 0 Å². The Morgan fingerprint density at radius 3 is 1.31 bits per heavy atom. The van der Waals surface area contributed by atoms with Gasteiger partial charge in [0, 0.05) is 37.5 Å². The van der Waals surface area contributed by atoms with Crippen LogP contribution in [0.1, 0.15) is 65.2 Å². The summed E-state index contributed by atoms with van der Waals surface area (Å²) in [5.41, 5.74) is 0.930. The second-order valence-corrected chi connectivity index (χ2v) is 10.6. The SMILES string of the molecule is CC=[N-].CC=[N-].[CH2-]C1CCCC1.[Fe].[Pd].c1ccc([PH+](c2ccccc2)C2CCCC2)cc1. The molecule has 2 nitrogen and oxygen atoms in total. The predicted molar refractivity (Wildman–Crippen MR) is 140 cm³/mol. The predicted octanol–water partition coefficient (Wildman–Crippen LogP) is 7.09. The molecule has 0 amide bonds. The Kier molecular flexibility index (Phi) is 23.3. The van der Waals surface area contributed by atoms with Gasteiger partial charge in [-0.2, -0.15) is 5.92 Å². The van der Waals surface area contributed by atoms with Crippen molar-refractivity contribution in [1.29, 1.82) is 0 Å². The molecule has 5 heteroatoms. The summed E-state index contributed by atoms with van der Waals surface area (Å²) in [6.45, 7) is 7.05. The van der Waals surface area contributed by atoms with Gasteiger partial charge in [-0.1, -0.05) is 75.9 Å². The summed E-state index contributed by atoms with van der Waals surface area (Å²) < 4.78 is 0. The van der Waals surface area contributed by atoms with E-state index in [4.69, 9.17) is 10.8 Å². The van der Waals surface area contributed by atoms with E-state index >= 15 is 0 Å². The van der Waals surface area contributed by atoms with Gasteiger partial charge in [0.1, 0.15) is 0 Å². The van der Waals surface area contributed by atoms with Gasteiger partial charge in [0.2, 0.25) is 0 Å². The van der Waals surface area contributed by atoms with Crippen molar-refractivity contribution in [3.8, 4) is 0 Å². The van der Waals surface area contributed by atoms with Crippen LogP contribution in [0.5, 0.6) is 0 Å². The zero-order valence-corrected chi connectivity index (χ0v) is 23.2. The van der Waals surface area contributed by atoms with Gasteiger partial charge in [-0.15, -0.1) is 0 Å². The first-order chi connectivity index (χ1) is 14.7. The molecule has 4 rings (SSSR count). The molecule has 0 aliphatic heterocycles. The van der Waals surface area contributed by atoms with Crippen LogP contribution in [0.3, 0.4) is 0 Å². The standard InChI is InChI=1S/C17H19P.C6H11.2C2H4N.Fe.Pd/c1-3-9-15(10-4-1)18(17-13-7-8-14-17)16-11-5-2-6-12-16;1-6-4-2-3-5-6;2*1-2-3;;/h1-6,9-12,17H,7-8,13-14H2;6H,1-5H2;2*2H,1H3;;/q;3*-1;;/p+1. The first-order valence-electron chi connectivity index (χ1n) is 11.3. The summed E-state index contributed by atoms with van der Waals surface area (Å²) in [5.74, 6) is 0.796. The van der Waals surface area contributed by atoms with Crippen LogP contribution in [-0.2, 0) is 37.5 Å². The Labute approximate surface area is 222 Å². The maximum absolute atomic E-state index is 7.44. The number of hydrogen-bond donors (Lipinski definition) is 0. The molecule has 2 fully saturated rings. The van der Waals surface area contributed by atoms with Crippen LogP contribution in [0.2, 0.25) is 0 Å². The normalized spacial score (nSPS) is 14.8. The fourth-order valence-electron chi connectivity index (χ4n) is 4.10. The van der Waals surface area contributed by atoms with E-state index < -0.39 is 7.92 Å². The van der Waals surface area contributed by atoms with Crippen LogP contribution < -0.4 is 10.6 Å². The third kappa shape index (κ3) is 13.8. The molecule has 0 saturated heterocycles. The number of rotatable bonds is 3. The van der Waals surface area contributed by atoms with Gasteiger partial charge in [-0.05, 0) is 49.9 Å². The molecule has 32 heavy (non-hydrogen) atoms. The molecule has 2 saturated carbocycles. The summed E-state index contributed by atoms with van der Waals surface area (Å²) in [7, 11) is -0.577. The molecule has 2 aliphatic rings. The summed E-state index contributed by atoms with van der Waals surface area (Å²) in [5, 5.41) is 18.1. The molecule has 2 aromatic rings. The maximum Gasteiger partial charge on any atom is 0.0969 e. The van der Waals surface area contributed by atoms with Gasteiger partial charge in [0.25, 0.3) is 0 Å². The monoisotopic (exact) mass is 584 g/mol. The molecule has 0 bridgehead atoms. The van der Waals surface area contributed by atoms with E-state index in [1.54, 1.807) is 24.5 Å². The van der Waals surface area contributed by atoms with Crippen molar-refractivity contribution in [2.45, 2.75) is 70.9 Å². The van der Waals surface area contributed by atoms with Gasteiger partial charge in [-0.25, -0.2) is 12.4 Å². The molecule has 0 atom stereocenters. The summed E-state index contributed by atoms with van der Waals surface area (Å²) >= 11 is 0. The van der Waals surface area contributed by atoms with Crippen molar-refractivity contribution in [3.05, 3.63) is 78.4 Å². The van der Waals surface area contributed by atoms with Crippen molar-refractivity contribution in [2.75, 3.05) is 0 Å². The van der Waals surface area contributed by atoms with Crippen LogP contribution in [0.4, 0.5) is 0 Å². The van der Waals surface area contributed by atoms with Crippen LogP contribution >= 0.6 is 7.92 Å². The second-order valence-electron chi connectivity index (χ2n) is 7.79. The average Bonchev–Trinajstić information content (AvgIpc) is 3.46. The minimum absolute atomic E-state index is 0. The molecule has 2 aliphatic carbocycles. The Balaban J connectivity index is 0. The molecule has 0 heterocycles. The average molecular weight is 585 g/mol. The minimum Gasteiger partial charge on any atom is -0.814 e. The third-order valence-corrected chi connectivity index (χ3v) is 8.71. The number of benzene rings is 2. The second kappa shape index (κ2) is 22.2. The van der Waals surface area contributed by atoms with E-state index in [1.165, 1.54) is 51.4 Å². The van der Waals surface area contributed by atoms with Crippen molar-refractivity contribution < 1.29 is 37.5 Å². The summed E-state index contributed by atoms with van der Waals surface area (Å²) in [4.78, 5) is 0. The maximum atomic E-state index is 7.44. The summed E-state index contributed by atoms with van der Waals surface area (Å²) in [6.07, 6.45) is 13.3. The Morgan fingerprint density at radius 1 is 0.719 bits per heavy atom. The Morgan fingerprint density at radius 2 is 1.03 bits per heavy atom. The van der Waals surface area contributed by atoms with Crippen LogP contribution in [0, 0.1) is 12.8 Å². The van der Waals surface area contributed by atoms with Gasteiger partial charge < -0.3 is 17.7 Å². The zero-order valence-electron chi connectivity index (χ0n) is 19.5. The van der Waals surface area contributed by atoms with Crippen LogP contribution in [0.15, 0.2) is 60.7 Å². The van der Waals surface area contributed by atoms with Crippen molar-refractivity contribution in [1.82, 2.24) is 0 Å². The fourth-order valence-corrected chi connectivity index (χ4v) is 7.46. The number of hydrogen-bond acceptors (Lipinski definition) is 0. The van der Waals surface area contributed by atoms with E-state index in [9.17, 15) is 0 Å². The molecular formula is C27H39FeN2PPd-2. The quantitative estimate of drug-likeness (QED) is 0.160. The van der Waals surface area contributed by atoms with Crippen LogP contribution in [-0.4, -0.2) is 18.1 Å². The Hall–Kier alpha value is -0.608. The first-order valence-corrected chi connectivity index (χ1v) is 12.9. The minimum atomic E-state index is -0.577. The van der Waals surface area contributed by atoms with E-state index in [-0.39, 0.29) is 37.5 Å². The van der Waals surface area contributed by atoms with E-state index in [0.717, 1.165) is 24.0 Å². The van der Waals surface area contributed by atoms with Crippen LogP contribution in [0.25, 0.3) is 10.8 Å². The first kappa shape index (κ1) is 33.6. The fraction of sp³-hybridized carbons (Fsp3) is 0.444. The van der Waals surface area contributed by atoms with E-state index in [0.29, 0.717) is 0 Å². The zero-order chi connectivity index (χ0) is 22.0. The molecule has 182 valence electrons. The molecular weight excluding hydrogens is 546 g/mol. The van der Waals surface area contributed by atoms with E-state index in [2.05, 4.69) is 67.6 Å². The van der Waals surface area contributed by atoms with Crippen molar-refractivity contribution in [2.24, 2.45) is 5.92 Å². The third-order valence-electron chi connectivity index (χ3n) is 5.41. The largest absolute Gasteiger partial charge is 0.814 e. The van der Waals surface area contributed by atoms with Gasteiger partial charge in [-0.3, -0.25) is 0 Å². The van der Waals surface area contributed by atoms with E-state index in [1.807, 2.05) is 0 Å². The molecule has 0 unspecified atom stereocenters.